The van der Waals surface area contributed by atoms with Crippen LogP contribution in [0.3, 0.4) is 0 Å². The van der Waals surface area contributed by atoms with Crippen LogP contribution in [-0.4, -0.2) is 24.2 Å². The van der Waals surface area contributed by atoms with E-state index in [0.717, 1.165) is 10.4 Å². The first-order valence-corrected chi connectivity index (χ1v) is 8.06. The number of ether oxygens (including phenoxy) is 1. The van der Waals surface area contributed by atoms with Crippen LogP contribution >= 0.6 is 11.3 Å². The number of benzene rings is 1. The van der Waals surface area contributed by atoms with E-state index in [1.165, 1.54) is 16.2 Å². The Labute approximate surface area is 139 Å². The maximum Gasteiger partial charge on any atom is 0.512 e. The molecule has 0 radical (unpaired) electrons. The second-order valence-corrected chi connectivity index (χ2v) is 6.58. The summed E-state index contributed by atoms with van der Waals surface area (Å²) in [6, 6.07) is 11.4. The molecule has 0 bridgehead atoms. The zero-order chi connectivity index (χ0) is 17.0. The highest BCUT2D eigenvalue weighted by atomic mass is 32.1. The summed E-state index contributed by atoms with van der Waals surface area (Å²) in [7, 11) is 1.64. The number of carbonyl (C=O) groups is 2. The molecule has 1 heterocycles. The topological polar surface area (TPSA) is 66.8 Å². The van der Waals surface area contributed by atoms with Crippen LogP contribution in [0, 0.1) is 5.92 Å². The molecule has 0 aliphatic carbocycles. The number of thiophene rings is 1. The Hall–Kier alpha value is -2.34. The lowest BCUT2D eigenvalue weighted by Gasteiger charge is -2.18. The van der Waals surface area contributed by atoms with Gasteiger partial charge in [0.05, 0.1) is 5.69 Å². The van der Waals surface area contributed by atoms with E-state index in [1.807, 2.05) is 44.2 Å². The first kappa shape index (κ1) is 17.0. The van der Waals surface area contributed by atoms with Gasteiger partial charge in [-0.25, -0.2) is 4.79 Å². The highest BCUT2D eigenvalue weighted by molar-refractivity contribution is 7.18. The highest BCUT2D eigenvalue weighted by Crippen LogP contribution is 2.42. The van der Waals surface area contributed by atoms with E-state index >= 15 is 0 Å². The van der Waals surface area contributed by atoms with E-state index in [1.54, 1.807) is 13.1 Å². The van der Waals surface area contributed by atoms with Crippen molar-refractivity contribution in [3.05, 3.63) is 36.4 Å². The van der Waals surface area contributed by atoms with Gasteiger partial charge in [0, 0.05) is 18.3 Å². The van der Waals surface area contributed by atoms with Crippen molar-refractivity contribution in [2.45, 2.75) is 20.3 Å². The number of anilines is 1. The van der Waals surface area contributed by atoms with Crippen LogP contribution in [0.2, 0.25) is 0 Å². The fourth-order valence-electron chi connectivity index (χ4n) is 2.12. The molecule has 2 rings (SSSR count). The lowest BCUT2D eigenvalue weighted by atomic mass is 10.1. The van der Waals surface area contributed by atoms with E-state index in [4.69, 9.17) is 9.84 Å². The van der Waals surface area contributed by atoms with Crippen molar-refractivity contribution >= 4 is 29.1 Å². The predicted molar refractivity (Wildman–Crippen MR) is 91.3 cm³/mol. The molecule has 1 aromatic carbocycles. The molecular weight excluding hydrogens is 314 g/mol. The molecule has 0 atom stereocenters. The summed E-state index contributed by atoms with van der Waals surface area (Å²) in [6.07, 6.45) is -1.00. The van der Waals surface area contributed by atoms with E-state index in [-0.39, 0.29) is 16.9 Å². The van der Waals surface area contributed by atoms with Crippen LogP contribution in [0.5, 0.6) is 5.06 Å². The van der Waals surface area contributed by atoms with Crippen molar-refractivity contribution < 1.29 is 19.4 Å². The normalized spacial score (nSPS) is 10.6. The zero-order valence-electron chi connectivity index (χ0n) is 13.3. The lowest BCUT2D eigenvalue weighted by Crippen LogP contribution is -2.27. The van der Waals surface area contributed by atoms with Crippen molar-refractivity contribution in [1.82, 2.24) is 0 Å². The Bertz CT molecular complexity index is 694. The second kappa shape index (κ2) is 7.28. The number of hydrogen-bond donors (Lipinski definition) is 1. The smallest absolute Gasteiger partial charge is 0.449 e. The Morgan fingerprint density at radius 3 is 2.48 bits per heavy atom. The summed E-state index contributed by atoms with van der Waals surface area (Å²) in [6.45, 7) is 3.92. The molecule has 2 aromatic rings. The van der Waals surface area contributed by atoms with Crippen molar-refractivity contribution in [3.8, 4) is 15.5 Å². The molecule has 1 aromatic heterocycles. The largest absolute Gasteiger partial charge is 0.512 e. The van der Waals surface area contributed by atoms with Gasteiger partial charge in [0.25, 0.3) is 0 Å². The van der Waals surface area contributed by atoms with E-state index in [2.05, 4.69) is 0 Å². The van der Waals surface area contributed by atoms with Crippen molar-refractivity contribution in [1.29, 1.82) is 0 Å². The first-order valence-electron chi connectivity index (χ1n) is 7.25. The Morgan fingerprint density at radius 1 is 1.26 bits per heavy atom. The third-order valence-electron chi connectivity index (χ3n) is 3.24. The minimum Gasteiger partial charge on any atom is -0.449 e. The molecule has 0 unspecified atom stereocenters. The Kier molecular flexibility index (Phi) is 5.39. The summed E-state index contributed by atoms with van der Waals surface area (Å²) in [5, 5.41) is 9.12. The minimum atomic E-state index is -1.39. The summed E-state index contributed by atoms with van der Waals surface area (Å²) in [5.41, 5.74) is 1.42. The Balaban J connectivity index is 2.38. The second-order valence-electron chi connectivity index (χ2n) is 5.57. The first-order chi connectivity index (χ1) is 10.9. The molecule has 0 spiro atoms. The van der Waals surface area contributed by atoms with Crippen molar-refractivity contribution in [2.24, 2.45) is 5.92 Å². The van der Waals surface area contributed by atoms with Gasteiger partial charge >= 0.3 is 6.16 Å². The van der Waals surface area contributed by atoms with Crippen LogP contribution in [0.4, 0.5) is 10.5 Å². The molecule has 1 amide bonds. The average molecular weight is 333 g/mol. The number of hydrogen-bond acceptors (Lipinski definition) is 4. The number of carboxylic acid groups (broad SMARTS) is 1. The van der Waals surface area contributed by atoms with Crippen LogP contribution in [0.15, 0.2) is 36.4 Å². The molecule has 5 nitrogen and oxygen atoms in total. The van der Waals surface area contributed by atoms with Crippen LogP contribution in [0.1, 0.15) is 20.3 Å². The maximum absolute atomic E-state index is 12.3. The standard InChI is InChI=1S/C17H19NO4S/c1-11(2)9-15(19)18(3)13-10-14(12-7-5-4-6-8-12)23-16(13)22-17(20)21/h4-8,10-11H,9H2,1-3H3,(H,20,21). The van der Waals surface area contributed by atoms with E-state index in [0.29, 0.717) is 12.1 Å². The van der Waals surface area contributed by atoms with Gasteiger partial charge in [-0.15, -0.1) is 0 Å². The molecule has 6 heteroatoms. The van der Waals surface area contributed by atoms with E-state index < -0.39 is 6.16 Å². The van der Waals surface area contributed by atoms with Gasteiger partial charge in [0.1, 0.15) is 0 Å². The average Bonchev–Trinajstić information content (AvgIpc) is 2.89. The van der Waals surface area contributed by atoms with Gasteiger partial charge in [-0.1, -0.05) is 55.5 Å². The zero-order valence-corrected chi connectivity index (χ0v) is 14.1. The number of amides is 1. The maximum atomic E-state index is 12.3. The highest BCUT2D eigenvalue weighted by Gasteiger charge is 2.22. The van der Waals surface area contributed by atoms with Gasteiger partial charge in [0.15, 0.2) is 0 Å². The van der Waals surface area contributed by atoms with Crippen LogP contribution in [0.25, 0.3) is 10.4 Å². The Morgan fingerprint density at radius 2 is 1.91 bits per heavy atom. The van der Waals surface area contributed by atoms with Gasteiger partial charge in [-0.3, -0.25) is 4.79 Å². The van der Waals surface area contributed by atoms with Crippen LogP contribution in [-0.2, 0) is 4.79 Å². The number of carbonyl (C=O) groups excluding carboxylic acids is 1. The molecule has 0 fully saturated rings. The molecular formula is C17H19NO4S. The van der Waals surface area contributed by atoms with E-state index in [9.17, 15) is 9.59 Å². The minimum absolute atomic E-state index is 0.0762. The summed E-state index contributed by atoms with van der Waals surface area (Å²) >= 11 is 1.21. The van der Waals surface area contributed by atoms with Crippen LogP contribution < -0.4 is 9.64 Å². The quantitative estimate of drug-likeness (QED) is 0.819. The lowest BCUT2D eigenvalue weighted by molar-refractivity contribution is -0.119. The van der Waals surface area contributed by atoms with Gasteiger partial charge in [0.2, 0.25) is 11.0 Å². The van der Waals surface area contributed by atoms with Crippen molar-refractivity contribution in [3.63, 3.8) is 0 Å². The van der Waals surface area contributed by atoms with Gasteiger partial charge < -0.3 is 14.7 Å². The third-order valence-corrected chi connectivity index (χ3v) is 4.29. The van der Waals surface area contributed by atoms with Crippen molar-refractivity contribution in [2.75, 3.05) is 11.9 Å². The monoisotopic (exact) mass is 333 g/mol. The predicted octanol–water partition coefficient (Wildman–Crippen LogP) is 4.48. The molecule has 0 saturated carbocycles. The summed E-state index contributed by atoms with van der Waals surface area (Å²) in [5.74, 6) is 0.147. The molecule has 1 N–H and O–H groups in total. The van der Waals surface area contributed by atoms with Gasteiger partial charge in [-0.05, 0) is 17.5 Å². The summed E-state index contributed by atoms with van der Waals surface area (Å²) in [4.78, 5) is 25.5. The molecule has 0 aliphatic heterocycles. The summed E-state index contributed by atoms with van der Waals surface area (Å²) < 4.78 is 4.87. The number of nitrogens with zero attached hydrogens (tertiary/aromatic N) is 1. The molecule has 122 valence electrons. The number of rotatable bonds is 5. The fraction of sp³-hybridized carbons (Fsp3) is 0.294. The SMILES string of the molecule is CC(C)CC(=O)N(C)c1cc(-c2ccccc2)sc1OC(=O)O. The van der Waals surface area contributed by atoms with Gasteiger partial charge in [-0.2, -0.15) is 0 Å². The molecule has 0 saturated heterocycles. The molecule has 0 aliphatic rings. The molecule has 23 heavy (non-hydrogen) atoms. The third kappa shape index (κ3) is 4.32. The fourth-order valence-corrected chi connectivity index (χ4v) is 3.15.